The van der Waals surface area contributed by atoms with Crippen LogP contribution in [-0.2, 0) is 15.8 Å². The van der Waals surface area contributed by atoms with Gasteiger partial charge in [0.05, 0.1) is 32.1 Å². The van der Waals surface area contributed by atoms with Gasteiger partial charge in [0.25, 0.3) is 0 Å². The molecule has 1 heterocycles. The van der Waals surface area contributed by atoms with Gasteiger partial charge in [-0.3, -0.25) is 9.89 Å². The summed E-state index contributed by atoms with van der Waals surface area (Å²) in [5, 5.41) is 12.0. The highest BCUT2D eigenvalue weighted by Gasteiger charge is 2.22. The molecule has 0 saturated heterocycles. The van der Waals surface area contributed by atoms with E-state index in [4.69, 9.17) is 23.2 Å². The van der Waals surface area contributed by atoms with Gasteiger partial charge >= 0.3 is 0 Å². The van der Waals surface area contributed by atoms with E-state index in [0.29, 0.717) is 25.7 Å². The van der Waals surface area contributed by atoms with E-state index in [0.717, 1.165) is 33.5 Å². The molecule has 1 amide bonds. The Labute approximate surface area is 233 Å². The molecule has 0 aliphatic heterocycles. The molecule has 4 rings (SSSR count). The molecule has 1 atom stereocenters. The number of carbonyl (C=O) groups excluding carboxylic acids is 1. The van der Waals surface area contributed by atoms with E-state index >= 15 is 0 Å². The lowest BCUT2D eigenvalue weighted by atomic mass is 9.94. The Balaban J connectivity index is 1.71. The molecule has 4 aromatic rings. The summed E-state index contributed by atoms with van der Waals surface area (Å²) in [6.07, 6.45) is 0. The molecule has 6 nitrogen and oxygen atoms in total. The van der Waals surface area contributed by atoms with Crippen LogP contribution in [0.2, 0.25) is 10.0 Å². The number of halogens is 2. The first kappa shape index (κ1) is 27.4. The highest BCUT2D eigenvalue weighted by atomic mass is 35.5. The van der Waals surface area contributed by atoms with Crippen molar-refractivity contribution in [3.8, 4) is 22.4 Å². The van der Waals surface area contributed by atoms with Crippen molar-refractivity contribution < 1.29 is 9.00 Å². The maximum atomic E-state index is 12.8. The molecule has 0 aliphatic carbocycles. The Morgan fingerprint density at radius 2 is 1.62 bits per heavy atom. The fraction of sp³-hybridized carbons (Fsp3) is 0.185. The lowest BCUT2D eigenvalue weighted by molar-refractivity contribution is -0.113. The zero-order valence-corrected chi connectivity index (χ0v) is 23.9. The lowest BCUT2D eigenvalue weighted by Crippen LogP contribution is -2.15. The summed E-state index contributed by atoms with van der Waals surface area (Å²) in [6, 6.07) is 18.8. The van der Waals surface area contributed by atoms with Crippen LogP contribution in [0.5, 0.6) is 0 Å². The summed E-state index contributed by atoms with van der Waals surface area (Å²) < 4.78 is 14.4. The standard InChI is InChI=1S/C27H26Cl2N4O2S2/c1-16-8-5-9-17(2)23(16)24-25(18-10-6-11-19(14-18)37(35)33(3)4)31-32-27(24)36-15-22(34)30-26-20(28)12-7-13-21(26)29/h5-14H,15H2,1-4H3,(H,30,34)(H,31,32). The van der Waals surface area contributed by atoms with Crippen LogP contribution in [0.1, 0.15) is 11.1 Å². The predicted octanol–water partition coefficient (Wildman–Crippen LogP) is 6.98. The molecular weight excluding hydrogens is 547 g/mol. The largest absolute Gasteiger partial charge is 0.323 e. The predicted molar refractivity (Wildman–Crippen MR) is 155 cm³/mol. The quantitative estimate of drug-likeness (QED) is 0.223. The zero-order chi connectivity index (χ0) is 26.7. The van der Waals surface area contributed by atoms with Crippen molar-refractivity contribution >= 4 is 57.5 Å². The molecule has 0 saturated carbocycles. The number of nitrogens with one attached hydrogen (secondary N) is 2. The molecule has 0 aliphatic rings. The van der Waals surface area contributed by atoms with E-state index in [2.05, 4.69) is 41.5 Å². The number of rotatable bonds is 8. The lowest BCUT2D eigenvalue weighted by Gasteiger charge is -2.14. The van der Waals surface area contributed by atoms with Gasteiger partial charge in [0.2, 0.25) is 5.91 Å². The SMILES string of the molecule is Cc1cccc(C)c1-c1c(SCC(=O)Nc2c(Cl)cccc2Cl)n[nH]c1-c1cccc(S(=O)N(C)C)c1. The molecule has 0 spiro atoms. The highest BCUT2D eigenvalue weighted by Crippen LogP contribution is 2.41. The van der Waals surface area contributed by atoms with Gasteiger partial charge in [-0.1, -0.05) is 71.4 Å². The van der Waals surface area contributed by atoms with Gasteiger partial charge in [0.1, 0.15) is 16.0 Å². The van der Waals surface area contributed by atoms with Crippen molar-refractivity contribution in [2.75, 3.05) is 25.2 Å². The molecule has 0 radical (unpaired) electrons. The first-order valence-corrected chi connectivity index (χ1v) is 14.2. The van der Waals surface area contributed by atoms with E-state index < -0.39 is 11.0 Å². The minimum Gasteiger partial charge on any atom is -0.323 e. The molecule has 3 aromatic carbocycles. The Hall–Kier alpha value is -2.62. The number of hydrogen-bond acceptors (Lipinski definition) is 4. The van der Waals surface area contributed by atoms with Crippen molar-refractivity contribution in [3.05, 3.63) is 81.8 Å². The minimum atomic E-state index is -1.29. The van der Waals surface area contributed by atoms with Crippen LogP contribution >= 0.6 is 35.0 Å². The van der Waals surface area contributed by atoms with Gasteiger partial charge in [-0.2, -0.15) is 5.10 Å². The topological polar surface area (TPSA) is 78.1 Å². The third-order valence-electron chi connectivity index (χ3n) is 5.69. The van der Waals surface area contributed by atoms with Crippen molar-refractivity contribution in [2.45, 2.75) is 23.8 Å². The minimum absolute atomic E-state index is 0.106. The average Bonchev–Trinajstić information content (AvgIpc) is 3.28. The Bertz CT molecular complexity index is 1450. The second-order valence-corrected chi connectivity index (χ2v) is 12.0. The summed E-state index contributed by atoms with van der Waals surface area (Å²) in [7, 11) is 2.26. The summed E-state index contributed by atoms with van der Waals surface area (Å²) in [6.45, 7) is 4.11. The normalized spacial score (nSPS) is 12.1. The van der Waals surface area contributed by atoms with Gasteiger partial charge in [-0.25, -0.2) is 8.51 Å². The molecule has 0 bridgehead atoms. The maximum Gasteiger partial charge on any atom is 0.234 e. The summed E-state index contributed by atoms with van der Waals surface area (Å²) in [5.41, 5.74) is 6.16. The number of carbonyl (C=O) groups is 1. The number of aromatic nitrogens is 2. The molecular formula is C27H26Cl2N4O2S2. The smallest absolute Gasteiger partial charge is 0.234 e. The number of aromatic amines is 1. The number of H-pyrrole nitrogens is 1. The highest BCUT2D eigenvalue weighted by molar-refractivity contribution is 8.00. The number of amides is 1. The van der Waals surface area contributed by atoms with Crippen LogP contribution in [-0.4, -0.2) is 44.5 Å². The van der Waals surface area contributed by atoms with Crippen molar-refractivity contribution in [1.82, 2.24) is 14.5 Å². The number of benzene rings is 3. The molecule has 0 fully saturated rings. The van der Waals surface area contributed by atoms with E-state index in [1.807, 2.05) is 30.3 Å². The Kier molecular flexibility index (Phi) is 8.77. The molecule has 1 unspecified atom stereocenters. The van der Waals surface area contributed by atoms with Crippen LogP contribution in [0, 0.1) is 13.8 Å². The average molecular weight is 574 g/mol. The van der Waals surface area contributed by atoms with Gasteiger partial charge in [-0.05, 0) is 68.9 Å². The zero-order valence-electron chi connectivity index (χ0n) is 20.8. The van der Waals surface area contributed by atoms with Crippen LogP contribution in [0.4, 0.5) is 5.69 Å². The second-order valence-electron chi connectivity index (χ2n) is 8.57. The van der Waals surface area contributed by atoms with Crippen LogP contribution in [0.25, 0.3) is 22.4 Å². The number of para-hydroxylation sites is 1. The maximum absolute atomic E-state index is 12.8. The van der Waals surface area contributed by atoms with Crippen LogP contribution in [0.3, 0.4) is 0 Å². The van der Waals surface area contributed by atoms with Crippen molar-refractivity contribution in [3.63, 3.8) is 0 Å². The monoisotopic (exact) mass is 572 g/mol. The van der Waals surface area contributed by atoms with Gasteiger partial charge < -0.3 is 5.32 Å². The van der Waals surface area contributed by atoms with Gasteiger partial charge in [0.15, 0.2) is 0 Å². The van der Waals surface area contributed by atoms with Crippen molar-refractivity contribution in [1.29, 1.82) is 0 Å². The Morgan fingerprint density at radius 3 is 2.27 bits per heavy atom. The summed E-state index contributed by atoms with van der Waals surface area (Å²) in [5.74, 6) is -0.144. The molecule has 192 valence electrons. The van der Waals surface area contributed by atoms with Gasteiger partial charge in [0, 0.05) is 11.1 Å². The number of nitrogens with zero attached hydrogens (tertiary/aromatic N) is 2. The number of thioether (sulfide) groups is 1. The molecule has 37 heavy (non-hydrogen) atoms. The summed E-state index contributed by atoms with van der Waals surface area (Å²) in [4.78, 5) is 13.5. The number of anilines is 1. The Morgan fingerprint density at radius 1 is 1.00 bits per heavy atom. The number of aryl methyl sites for hydroxylation is 2. The van der Waals surface area contributed by atoms with E-state index in [1.165, 1.54) is 11.8 Å². The fourth-order valence-corrected chi connectivity index (χ4v) is 6.11. The van der Waals surface area contributed by atoms with Crippen LogP contribution < -0.4 is 5.32 Å². The van der Waals surface area contributed by atoms with Gasteiger partial charge in [-0.15, -0.1) is 0 Å². The molecule has 1 aromatic heterocycles. The van der Waals surface area contributed by atoms with E-state index in [9.17, 15) is 9.00 Å². The van der Waals surface area contributed by atoms with E-state index in [1.54, 1.807) is 36.6 Å². The number of hydrogen-bond donors (Lipinski definition) is 2. The van der Waals surface area contributed by atoms with Crippen LogP contribution in [0.15, 0.2) is 70.6 Å². The molecule has 10 heteroatoms. The van der Waals surface area contributed by atoms with Crippen molar-refractivity contribution in [2.24, 2.45) is 0 Å². The fourth-order valence-electron chi connectivity index (χ4n) is 3.98. The van der Waals surface area contributed by atoms with E-state index in [-0.39, 0.29) is 11.7 Å². The molecule has 2 N–H and O–H groups in total. The summed E-state index contributed by atoms with van der Waals surface area (Å²) >= 11 is 13.7. The third-order valence-corrected chi connectivity index (χ3v) is 8.61. The first-order valence-electron chi connectivity index (χ1n) is 11.4. The second kappa shape index (κ2) is 11.8. The third kappa shape index (κ3) is 6.10. The first-order chi connectivity index (χ1) is 17.7.